The Hall–Kier alpha value is -1.18. The number of aliphatic imine (C=N–C) groups is 1. The minimum absolute atomic E-state index is 0. The maximum Gasteiger partial charge on any atom is 0.191 e. The van der Waals surface area contributed by atoms with E-state index in [4.69, 9.17) is 14.5 Å². The molecule has 140 valence electrons. The number of fused-ring (bicyclic) bond motifs is 1. The van der Waals surface area contributed by atoms with Crippen molar-refractivity contribution in [3.05, 3.63) is 23.8 Å². The summed E-state index contributed by atoms with van der Waals surface area (Å²) in [4.78, 5) is 4.81. The van der Waals surface area contributed by atoms with Gasteiger partial charge in [-0.2, -0.15) is 0 Å². The van der Waals surface area contributed by atoms with Crippen LogP contribution in [0.5, 0.6) is 11.5 Å². The number of guanidine groups is 1. The molecule has 1 aliphatic heterocycles. The van der Waals surface area contributed by atoms with Gasteiger partial charge in [0.1, 0.15) is 13.2 Å². The topological polar surface area (TPSA) is 54.9 Å². The van der Waals surface area contributed by atoms with Crippen LogP contribution in [0.1, 0.15) is 39.7 Å². The van der Waals surface area contributed by atoms with Crippen LogP contribution in [0.25, 0.3) is 0 Å². The Balaban J connectivity index is 0.00000225. The van der Waals surface area contributed by atoms with Gasteiger partial charge >= 0.3 is 0 Å². The van der Waals surface area contributed by atoms with Crippen molar-refractivity contribution in [1.29, 1.82) is 0 Å². The molecule has 1 aliphatic carbocycles. The molecule has 2 unspecified atom stereocenters. The molecule has 2 atom stereocenters. The molecule has 25 heavy (non-hydrogen) atoms. The van der Waals surface area contributed by atoms with Crippen LogP contribution in [0.3, 0.4) is 0 Å². The molecule has 1 heterocycles. The van der Waals surface area contributed by atoms with Gasteiger partial charge in [-0.05, 0) is 37.0 Å². The predicted octanol–water partition coefficient (Wildman–Crippen LogP) is 3.32. The van der Waals surface area contributed by atoms with Crippen LogP contribution in [-0.4, -0.2) is 38.3 Å². The summed E-state index contributed by atoms with van der Waals surface area (Å²) in [6.07, 6.45) is 1.23. The number of nitrogens with one attached hydrogen (secondary N) is 2. The quantitative estimate of drug-likeness (QED) is 0.403. The lowest BCUT2D eigenvalue weighted by Crippen LogP contribution is -2.40. The van der Waals surface area contributed by atoms with Crippen molar-refractivity contribution >= 4 is 29.9 Å². The van der Waals surface area contributed by atoms with Crippen LogP contribution in [0.4, 0.5) is 0 Å². The highest BCUT2D eigenvalue weighted by Gasteiger charge is 2.33. The van der Waals surface area contributed by atoms with Crippen molar-refractivity contribution in [3.8, 4) is 11.5 Å². The third kappa shape index (κ3) is 5.15. The number of halogens is 1. The van der Waals surface area contributed by atoms with Gasteiger partial charge in [0, 0.05) is 18.0 Å². The molecular formula is C19H30IN3O2. The Labute approximate surface area is 168 Å². The van der Waals surface area contributed by atoms with Crippen molar-refractivity contribution in [1.82, 2.24) is 10.6 Å². The molecule has 0 radical (unpaired) electrons. The van der Waals surface area contributed by atoms with Crippen LogP contribution in [-0.2, 0) is 5.41 Å². The highest BCUT2D eigenvalue weighted by molar-refractivity contribution is 14.0. The Morgan fingerprint density at radius 3 is 2.56 bits per heavy atom. The zero-order valence-corrected chi connectivity index (χ0v) is 17.9. The van der Waals surface area contributed by atoms with E-state index in [2.05, 4.69) is 50.5 Å². The molecule has 1 fully saturated rings. The standard InChI is InChI=1S/C19H29N3O2.HI/c1-5-20-18(22-15-10-13(15)2)21-12-19(3,4)14-6-7-16-17(11-14)24-9-8-23-16;/h6-7,11,13,15H,5,8-10,12H2,1-4H3,(H2,20,21,22);1H. The van der Waals surface area contributed by atoms with E-state index in [1.54, 1.807) is 0 Å². The summed E-state index contributed by atoms with van der Waals surface area (Å²) in [7, 11) is 0. The van der Waals surface area contributed by atoms with Crippen molar-refractivity contribution in [2.45, 2.75) is 45.6 Å². The first-order valence-electron chi connectivity index (χ1n) is 8.94. The fraction of sp³-hybridized carbons (Fsp3) is 0.632. The number of benzene rings is 1. The lowest BCUT2D eigenvalue weighted by atomic mass is 9.84. The summed E-state index contributed by atoms with van der Waals surface area (Å²) < 4.78 is 11.3. The smallest absolute Gasteiger partial charge is 0.191 e. The number of hydrogen-bond donors (Lipinski definition) is 2. The molecule has 0 saturated heterocycles. The SMILES string of the molecule is CCNC(=NCC(C)(C)c1ccc2c(c1)OCCO2)NC1CC1C.I. The van der Waals surface area contributed by atoms with Gasteiger partial charge in [-0.1, -0.05) is 26.8 Å². The maximum absolute atomic E-state index is 5.71. The number of hydrogen-bond acceptors (Lipinski definition) is 3. The Morgan fingerprint density at radius 2 is 1.92 bits per heavy atom. The van der Waals surface area contributed by atoms with Gasteiger partial charge in [0.25, 0.3) is 0 Å². The molecule has 2 aliphatic rings. The molecule has 1 aromatic carbocycles. The van der Waals surface area contributed by atoms with Gasteiger partial charge in [-0.25, -0.2) is 0 Å². The molecule has 6 heteroatoms. The summed E-state index contributed by atoms with van der Waals surface area (Å²) in [6, 6.07) is 6.78. The van der Waals surface area contributed by atoms with Crippen LogP contribution < -0.4 is 20.1 Å². The van der Waals surface area contributed by atoms with Gasteiger partial charge in [0.05, 0.1) is 6.54 Å². The fourth-order valence-corrected chi connectivity index (χ4v) is 2.85. The highest BCUT2D eigenvalue weighted by atomic mass is 127. The molecule has 0 spiro atoms. The fourth-order valence-electron chi connectivity index (χ4n) is 2.85. The van der Waals surface area contributed by atoms with E-state index in [9.17, 15) is 0 Å². The van der Waals surface area contributed by atoms with E-state index in [1.807, 2.05) is 6.07 Å². The molecule has 1 saturated carbocycles. The Morgan fingerprint density at radius 1 is 1.24 bits per heavy atom. The van der Waals surface area contributed by atoms with Crippen molar-refractivity contribution in [2.24, 2.45) is 10.9 Å². The summed E-state index contributed by atoms with van der Waals surface area (Å²) in [5, 5.41) is 6.85. The number of nitrogens with zero attached hydrogens (tertiary/aromatic N) is 1. The zero-order chi connectivity index (χ0) is 17.2. The van der Waals surface area contributed by atoms with Crippen molar-refractivity contribution in [2.75, 3.05) is 26.3 Å². The van der Waals surface area contributed by atoms with Crippen LogP contribution in [0.15, 0.2) is 23.2 Å². The second-order valence-corrected chi connectivity index (χ2v) is 7.40. The molecule has 5 nitrogen and oxygen atoms in total. The predicted molar refractivity (Wildman–Crippen MR) is 113 cm³/mol. The average molecular weight is 459 g/mol. The number of rotatable bonds is 5. The Bertz CT molecular complexity index is 619. The minimum Gasteiger partial charge on any atom is -0.486 e. The first-order chi connectivity index (χ1) is 11.5. The Kier molecular flexibility index (Phi) is 6.82. The van der Waals surface area contributed by atoms with Crippen molar-refractivity contribution < 1.29 is 9.47 Å². The third-order valence-corrected chi connectivity index (χ3v) is 4.73. The van der Waals surface area contributed by atoms with Gasteiger partial charge < -0.3 is 20.1 Å². The molecule has 0 amide bonds. The molecule has 2 N–H and O–H groups in total. The first-order valence-corrected chi connectivity index (χ1v) is 8.94. The van der Waals surface area contributed by atoms with Crippen LogP contribution in [0.2, 0.25) is 0 Å². The van der Waals surface area contributed by atoms with Gasteiger partial charge in [-0.15, -0.1) is 24.0 Å². The average Bonchev–Trinajstić information content (AvgIpc) is 3.27. The molecule has 0 aromatic heterocycles. The molecule has 3 rings (SSSR count). The van der Waals surface area contributed by atoms with E-state index in [0.29, 0.717) is 25.8 Å². The van der Waals surface area contributed by atoms with Gasteiger partial charge in [0.2, 0.25) is 0 Å². The van der Waals surface area contributed by atoms with Crippen LogP contribution >= 0.6 is 24.0 Å². The van der Waals surface area contributed by atoms with E-state index in [1.165, 1.54) is 12.0 Å². The second-order valence-electron chi connectivity index (χ2n) is 7.40. The normalized spacial score (nSPS) is 22.0. The van der Waals surface area contributed by atoms with Crippen molar-refractivity contribution in [3.63, 3.8) is 0 Å². The molecule has 0 bridgehead atoms. The monoisotopic (exact) mass is 459 g/mol. The minimum atomic E-state index is -0.0760. The van der Waals surface area contributed by atoms with E-state index in [0.717, 1.165) is 29.9 Å². The largest absolute Gasteiger partial charge is 0.486 e. The lowest BCUT2D eigenvalue weighted by Gasteiger charge is -2.26. The van der Waals surface area contributed by atoms with Crippen LogP contribution in [0, 0.1) is 5.92 Å². The third-order valence-electron chi connectivity index (χ3n) is 4.73. The summed E-state index contributed by atoms with van der Waals surface area (Å²) in [5.41, 5.74) is 1.14. The molecular weight excluding hydrogens is 429 g/mol. The summed E-state index contributed by atoms with van der Waals surface area (Å²) in [6.45, 7) is 11.6. The van der Waals surface area contributed by atoms with E-state index in [-0.39, 0.29) is 29.4 Å². The number of ether oxygens (including phenoxy) is 2. The van der Waals surface area contributed by atoms with E-state index < -0.39 is 0 Å². The first kappa shape index (κ1) is 20.1. The van der Waals surface area contributed by atoms with Gasteiger partial charge in [-0.3, -0.25) is 4.99 Å². The summed E-state index contributed by atoms with van der Waals surface area (Å²) >= 11 is 0. The molecule has 1 aromatic rings. The van der Waals surface area contributed by atoms with E-state index >= 15 is 0 Å². The summed E-state index contributed by atoms with van der Waals surface area (Å²) in [5.74, 6) is 3.34. The van der Waals surface area contributed by atoms with Gasteiger partial charge in [0.15, 0.2) is 17.5 Å². The maximum atomic E-state index is 5.71. The lowest BCUT2D eigenvalue weighted by molar-refractivity contribution is 0.171. The zero-order valence-electron chi connectivity index (χ0n) is 15.6. The second kappa shape index (κ2) is 8.47. The highest BCUT2D eigenvalue weighted by Crippen LogP contribution is 2.35.